The van der Waals surface area contributed by atoms with Gasteiger partial charge >= 0.3 is 0 Å². The molecule has 0 bridgehead atoms. The lowest BCUT2D eigenvalue weighted by molar-refractivity contribution is 0.478. The lowest BCUT2D eigenvalue weighted by atomic mass is 10.2. The number of aryl methyl sites for hydroxylation is 1. The number of para-hydroxylation sites is 1. The quantitative estimate of drug-likeness (QED) is 0.373. The van der Waals surface area contributed by atoms with Gasteiger partial charge in [0.05, 0.1) is 27.4 Å². The monoisotopic (exact) mass is 458 g/mol. The van der Waals surface area contributed by atoms with E-state index < -0.39 is 10.0 Å². The summed E-state index contributed by atoms with van der Waals surface area (Å²) in [6.45, 7) is 1.78. The topological polar surface area (TPSA) is 68.3 Å². The van der Waals surface area contributed by atoms with Crippen LogP contribution in [0.2, 0.25) is 10.0 Å². The maximum absolute atomic E-state index is 12.7. The van der Waals surface area contributed by atoms with E-state index in [1.165, 1.54) is 18.2 Å². The summed E-state index contributed by atoms with van der Waals surface area (Å²) in [5, 5.41) is 1.34. The molecule has 0 aliphatic heterocycles. The van der Waals surface area contributed by atoms with Crippen LogP contribution in [0.5, 0.6) is 11.5 Å². The number of aromatic nitrogens is 1. The predicted molar refractivity (Wildman–Crippen MR) is 120 cm³/mol. The molecule has 0 atom stereocenters. The van der Waals surface area contributed by atoms with Crippen LogP contribution in [0, 0.1) is 6.92 Å². The molecular formula is C22H16Cl2N2O3S. The largest absolute Gasteiger partial charge is 0.454 e. The first-order chi connectivity index (χ1) is 14.3. The van der Waals surface area contributed by atoms with Crippen LogP contribution in [0.1, 0.15) is 5.56 Å². The van der Waals surface area contributed by atoms with E-state index in [9.17, 15) is 8.42 Å². The summed E-state index contributed by atoms with van der Waals surface area (Å²) in [5.74, 6) is 0.956. The van der Waals surface area contributed by atoms with Gasteiger partial charge in [-0.1, -0.05) is 53.5 Å². The lowest BCUT2D eigenvalue weighted by Gasteiger charge is -2.14. The van der Waals surface area contributed by atoms with Crippen molar-refractivity contribution in [2.45, 2.75) is 11.8 Å². The fourth-order valence-electron chi connectivity index (χ4n) is 3.02. The SMILES string of the molecule is Cc1cc(NS(=O)(=O)c2ccccc2Cl)cc(Cl)c1Oc1cnc2ccccc2c1. The molecule has 0 aliphatic rings. The molecule has 0 spiro atoms. The zero-order valence-electron chi connectivity index (χ0n) is 15.8. The van der Waals surface area contributed by atoms with Crippen LogP contribution in [0.25, 0.3) is 10.9 Å². The number of nitrogens with zero attached hydrogens (tertiary/aromatic N) is 1. The van der Waals surface area contributed by atoms with Crippen LogP contribution in [-0.4, -0.2) is 13.4 Å². The molecule has 0 radical (unpaired) electrons. The van der Waals surface area contributed by atoms with E-state index in [0.717, 1.165) is 10.9 Å². The van der Waals surface area contributed by atoms with Gasteiger partial charge in [-0.05, 0) is 48.9 Å². The first-order valence-corrected chi connectivity index (χ1v) is 11.2. The Morgan fingerprint density at radius 1 is 0.933 bits per heavy atom. The highest BCUT2D eigenvalue weighted by Crippen LogP contribution is 2.36. The smallest absolute Gasteiger partial charge is 0.263 e. The Hall–Kier alpha value is -2.80. The molecule has 4 aromatic rings. The number of nitrogens with one attached hydrogen (secondary N) is 1. The van der Waals surface area contributed by atoms with Crippen molar-refractivity contribution < 1.29 is 13.2 Å². The van der Waals surface area contributed by atoms with Crippen LogP contribution in [0.4, 0.5) is 5.69 Å². The summed E-state index contributed by atoms with van der Waals surface area (Å²) in [6, 6.07) is 18.9. The summed E-state index contributed by atoms with van der Waals surface area (Å²) < 4.78 is 33.8. The molecule has 3 aromatic carbocycles. The van der Waals surface area contributed by atoms with Crippen molar-refractivity contribution in [1.29, 1.82) is 0 Å². The first kappa shape index (κ1) is 20.5. The molecule has 1 heterocycles. The molecular weight excluding hydrogens is 443 g/mol. The van der Waals surface area contributed by atoms with Gasteiger partial charge in [0.15, 0.2) is 0 Å². The Morgan fingerprint density at radius 3 is 2.43 bits per heavy atom. The molecule has 8 heteroatoms. The van der Waals surface area contributed by atoms with E-state index >= 15 is 0 Å². The second-order valence-electron chi connectivity index (χ2n) is 6.61. The Morgan fingerprint density at radius 2 is 1.67 bits per heavy atom. The molecule has 0 unspecified atom stereocenters. The van der Waals surface area contributed by atoms with Crippen molar-refractivity contribution >= 4 is 49.8 Å². The Balaban J connectivity index is 1.62. The minimum Gasteiger partial charge on any atom is -0.454 e. The third-order valence-electron chi connectivity index (χ3n) is 4.39. The van der Waals surface area contributed by atoms with Crippen LogP contribution in [0.3, 0.4) is 0 Å². The number of pyridine rings is 1. The van der Waals surface area contributed by atoms with Crippen LogP contribution < -0.4 is 9.46 Å². The van der Waals surface area contributed by atoms with E-state index in [1.54, 1.807) is 31.3 Å². The number of halogens is 2. The van der Waals surface area contributed by atoms with E-state index in [-0.39, 0.29) is 14.9 Å². The molecule has 0 saturated carbocycles. The maximum Gasteiger partial charge on any atom is 0.263 e. The molecule has 0 fully saturated rings. The number of benzene rings is 3. The van der Waals surface area contributed by atoms with Crippen LogP contribution in [-0.2, 0) is 10.0 Å². The first-order valence-electron chi connectivity index (χ1n) is 8.94. The number of anilines is 1. The lowest BCUT2D eigenvalue weighted by Crippen LogP contribution is -2.13. The van der Waals surface area contributed by atoms with Gasteiger partial charge in [-0.2, -0.15) is 0 Å². The van der Waals surface area contributed by atoms with Crippen molar-refractivity contribution in [2.24, 2.45) is 0 Å². The van der Waals surface area contributed by atoms with Crippen molar-refractivity contribution in [1.82, 2.24) is 4.98 Å². The summed E-state index contributed by atoms with van der Waals surface area (Å²) in [7, 11) is -3.86. The number of hydrogen-bond donors (Lipinski definition) is 1. The van der Waals surface area contributed by atoms with Gasteiger partial charge in [0.2, 0.25) is 0 Å². The number of ether oxygens (including phenoxy) is 1. The number of sulfonamides is 1. The summed E-state index contributed by atoms with van der Waals surface area (Å²) in [5.41, 5.74) is 1.82. The van der Waals surface area contributed by atoms with E-state index in [4.69, 9.17) is 27.9 Å². The normalized spacial score (nSPS) is 11.4. The molecule has 1 N–H and O–H groups in total. The zero-order valence-corrected chi connectivity index (χ0v) is 18.1. The van der Waals surface area contributed by atoms with Crippen molar-refractivity contribution in [3.05, 3.63) is 88.5 Å². The second kappa shape index (κ2) is 8.14. The third-order valence-corrected chi connectivity index (χ3v) is 6.55. The van der Waals surface area contributed by atoms with Crippen molar-refractivity contribution in [3.8, 4) is 11.5 Å². The Kier molecular flexibility index (Phi) is 5.56. The van der Waals surface area contributed by atoms with Gasteiger partial charge in [0.1, 0.15) is 16.4 Å². The predicted octanol–water partition coefficient (Wildman–Crippen LogP) is 6.44. The van der Waals surface area contributed by atoms with Gasteiger partial charge in [-0.15, -0.1) is 0 Å². The van der Waals surface area contributed by atoms with Crippen molar-refractivity contribution in [3.63, 3.8) is 0 Å². The molecule has 0 saturated heterocycles. The van der Waals surface area contributed by atoms with Gasteiger partial charge in [-0.25, -0.2) is 8.42 Å². The van der Waals surface area contributed by atoms with Gasteiger partial charge in [0.25, 0.3) is 10.0 Å². The standard InChI is InChI=1S/C22H16Cl2N2O3S/c1-14-10-16(26-30(27,28)21-9-5-3-7-18(21)23)12-19(24)22(14)29-17-11-15-6-2-4-8-20(15)25-13-17/h2-13,26H,1H3. The minimum atomic E-state index is -3.86. The van der Waals surface area contributed by atoms with E-state index in [2.05, 4.69) is 9.71 Å². The zero-order chi connectivity index (χ0) is 21.3. The molecule has 0 aliphatic carbocycles. The maximum atomic E-state index is 12.7. The van der Waals surface area contributed by atoms with Gasteiger partial charge in [-0.3, -0.25) is 9.71 Å². The van der Waals surface area contributed by atoms with Crippen LogP contribution in [0.15, 0.2) is 77.8 Å². The molecule has 152 valence electrons. The van der Waals surface area contributed by atoms with E-state index in [1.807, 2.05) is 30.3 Å². The number of fused-ring (bicyclic) bond motifs is 1. The molecule has 0 amide bonds. The Bertz CT molecular complexity index is 1330. The summed E-state index contributed by atoms with van der Waals surface area (Å²) in [4.78, 5) is 4.36. The van der Waals surface area contributed by atoms with E-state index in [0.29, 0.717) is 22.7 Å². The highest BCUT2D eigenvalue weighted by molar-refractivity contribution is 7.92. The fraction of sp³-hybridized carbons (Fsp3) is 0.0455. The van der Waals surface area contributed by atoms with Crippen molar-refractivity contribution in [2.75, 3.05) is 4.72 Å². The minimum absolute atomic E-state index is 0.0111. The second-order valence-corrected chi connectivity index (χ2v) is 9.07. The molecule has 4 rings (SSSR count). The summed E-state index contributed by atoms with van der Waals surface area (Å²) >= 11 is 12.4. The number of rotatable bonds is 5. The summed E-state index contributed by atoms with van der Waals surface area (Å²) in [6.07, 6.45) is 1.62. The Labute approximate surface area is 184 Å². The average molecular weight is 459 g/mol. The van der Waals surface area contributed by atoms with Crippen LogP contribution >= 0.6 is 23.2 Å². The van der Waals surface area contributed by atoms with Gasteiger partial charge < -0.3 is 4.74 Å². The molecule has 1 aromatic heterocycles. The molecule has 5 nitrogen and oxygen atoms in total. The number of hydrogen-bond acceptors (Lipinski definition) is 4. The fourth-order valence-corrected chi connectivity index (χ4v) is 4.88. The average Bonchev–Trinajstić information content (AvgIpc) is 2.70. The van der Waals surface area contributed by atoms with Gasteiger partial charge in [0, 0.05) is 5.39 Å². The third kappa shape index (κ3) is 4.21. The highest BCUT2D eigenvalue weighted by atomic mass is 35.5. The highest BCUT2D eigenvalue weighted by Gasteiger charge is 2.19. The molecule has 30 heavy (non-hydrogen) atoms.